The number of aliphatic hydroxyl groups is 2. The zero-order chi connectivity index (χ0) is 12.0. The average molecular weight is 266 g/mol. The van der Waals surface area contributed by atoms with E-state index in [0.717, 1.165) is 0 Å². The van der Waals surface area contributed by atoms with Gasteiger partial charge in [-0.1, -0.05) is 13.8 Å². The molecule has 2 aromatic rings. The molecule has 0 saturated carbocycles. The normalized spacial score (nSPS) is 12.9. The molecule has 94 valence electrons. The van der Waals surface area contributed by atoms with Crippen molar-refractivity contribution >= 4 is 0 Å². The van der Waals surface area contributed by atoms with Crippen molar-refractivity contribution in [3.63, 3.8) is 0 Å². The monoisotopic (exact) mass is 266 g/mol. The smallest absolute Gasteiger partial charge is 0.998 e. The molecule has 2 aromatic carbocycles. The van der Waals surface area contributed by atoms with Crippen molar-refractivity contribution in [2.45, 2.75) is 26.1 Å². The topological polar surface area (TPSA) is 40.5 Å². The van der Waals surface area contributed by atoms with Crippen LogP contribution < -0.4 is 0 Å². The van der Waals surface area contributed by atoms with Gasteiger partial charge in [0.15, 0.2) is 0 Å². The van der Waals surface area contributed by atoms with Crippen LogP contribution in [0.15, 0.2) is 0 Å². The molecule has 3 heteroatoms. The van der Waals surface area contributed by atoms with Crippen molar-refractivity contribution < 1.29 is 27.3 Å². The predicted octanol–water partition coefficient (Wildman–Crippen LogP) is 1.32. The first-order chi connectivity index (χ1) is 7.61. The van der Waals surface area contributed by atoms with Gasteiger partial charge >= 0.3 is 17.1 Å². The van der Waals surface area contributed by atoms with Crippen molar-refractivity contribution in [2.75, 3.05) is 0 Å². The van der Waals surface area contributed by atoms with E-state index >= 15 is 0 Å². The summed E-state index contributed by atoms with van der Waals surface area (Å²) < 4.78 is 0. The zero-order valence-corrected chi connectivity index (χ0v) is 10.5. The standard InChI is InChI=1S/2C7H5O.Fe/c2*1-6(8)7-4-2-3-5-7;/h2*6,8H,1H3;/q2*-5;+2. The molecule has 0 saturated heterocycles. The molecule has 0 aromatic heterocycles. The largest absolute Gasteiger partial charge is 2.00 e. The van der Waals surface area contributed by atoms with E-state index in [4.69, 9.17) is 10.2 Å². The summed E-state index contributed by atoms with van der Waals surface area (Å²) in [6, 6.07) is 20.8. The summed E-state index contributed by atoms with van der Waals surface area (Å²) in [4.78, 5) is 0. The Morgan fingerprint density at radius 3 is 1.06 bits per heavy atom. The van der Waals surface area contributed by atoms with E-state index in [1.807, 2.05) is 0 Å². The van der Waals surface area contributed by atoms with Gasteiger partial charge in [0.25, 0.3) is 0 Å². The van der Waals surface area contributed by atoms with Crippen LogP contribution in [0.2, 0.25) is 0 Å². The summed E-state index contributed by atoms with van der Waals surface area (Å²) in [5.41, 5.74) is 1.26. The van der Waals surface area contributed by atoms with Gasteiger partial charge in [0.05, 0.1) is 0 Å². The third-order valence-corrected chi connectivity index (χ3v) is 1.75. The number of hydrogen-bond donors (Lipinski definition) is 2. The van der Waals surface area contributed by atoms with E-state index < -0.39 is 12.2 Å². The summed E-state index contributed by atoms with van der Waals surface area (Å²) in [7, 11) is 0. The Morgan fingerprint density at radius 2 is 0.941 bits per heavy atom. The average Bonchev–Trinajstić information content (AvgIpc) is 2.93. The molecule has 0 fully saturated rings. The first kappa shape index (κ1) is 16.1. The van der Waals surface area contributed by atoms with E-state index in [-0.39, 0.29) is 17.1 Å². The molecule has 2 nitrogen and oxygen atoms in total. The Labute approximate surface area is 113 Å². The van der Waals surface area contributed by atoms with Gasteiger partial charge in [-0.25, -0.2) is 0 Å². The van der Waals surface area contributed by atoms with Crippen LogP contribution in [0.1, 0.15) is 37.2 Å². The summed E-state index contributed by atoms with van der Waals surface area (Å²) in [6.07, 6.45) is -0.977. The van der Waals surface area contributed by atoms with Crippen LogP contribution in [-0.2, 0) is 17.1 Å². The van der Waals surface area contributed by atoms with Crippen LogP contribution in [0, 0.1) is 48.5 Å². The molecule has 2 unspecified atom stereocenters. The van der Waals surface area contributed by atoms with Gasteiger partial charge in [0.1, 0.15) is 0 Å². The fraction of sp³-hybridized carbons (Fsp3) is 0.286. The second kappa shape index (κ2) is 8.26. The van der Waals surface area contributed by atoms with Crippen LogP contribution in [0.25, 0.3) is 0 Å². The molecule has 0 aliphatic heterocycles. The summed E-state index contributed by atoms with van der Waals surface area (Å²) in [6.45, 7) is 3.31. The number of aliphatic hydroxyl groups excluding tert-OH is 2. The van der Waals surface area contributed by atoms with Gasteiger partial charge < -0.3 is 69.9 Å². The van der Waals surface area contributed by atoms with E-state index in [2.05, 4.69) is 48.5 Å². The number of rotatable bonds is 2. The van der Waals surface area contributed by atoms with Crippen LogP contribution in [0.5, 0.6) is 0 Å². The Hall–Kier alpha value is -0.861. The number of hydrogen-bond acceptors (Lipinski definition) is 2. The molecule has 0 heterocycles. The predicted molar refractivity (Wildman–Crippen MR) is 56.0 cm³/mol. The third-order valence-electron chi connectivity index (χ3n) is 1.75. The molecule has 2 atom stereocenters. The molecule has 0 spiro atoms. The first-order valence-electron chi connectivity index (χ1n) is 4.75. The molecule has 2 rings (SSSR count). The fourth-order valence-electron chi connectivity index (χ4n) is 0.875. The van der Waals surface area contributed by atoms with Gasteiger partial charge in [0.2, 0.25) is 0 Å². The summed E-state index contributed by atoms with van der Waals surface area (Å²) >= 11 is 0. The second-order valence-corrected chi connectivity index (χ2v) is 3.18. The van der Waals surface area contributed by atoms with Gasteiger partial charge in [-0.2, -0.15) is 0 Å². The molecular formula is C14H10FeO2-8. The van der Waals surface area contributed by atoms with Crippen LogP contribution in [-0.4, -0.2) is 10.2 Å². The van der Waals surface area contributed by atoms with Crippen molar-refractivity contribution in [3.8, 4) is 0 Å². The maximum Gasteiger partial charge on any atom is 2.00 e. The Bertz CT molecular complexity index is 323. The first-order valence-corrected chi connectivity index (χ1v) is 4.75. The van der Waals surface area contributed by atoms with Crippen molar-refractivity contribution in [1.29, 1.82) is 0 Å². The van der Waals surface area contributed by atoms with Gasteiger partial charge in [0, 0.05) is 0 Å². The van der Waals surface area contributed by atoms with Gasteiger partial charge in [-0.3, -0.25) is 0 Å². The van der Waals surface area contributed by atoms with E-state index in [0.29, 0.717) is 11.1 Å². The Morgan fingerprint density at radius 1 is 0.706 bits per heavy atom. The molecule has 0 bridgehead atoms. The minimum Gasteiger partial charge on any atom is -0.998 e. The quantitative estimate of drug-likeness (QED) is 0.635. The minimum absolute atomic E-state index is 0. The van der Waals surface area contributed by atoms with Crippen LogP contribution >= 0.6 is 0 Å². The van der Waals surface area contributed by atoms with Crippen molar-refractivity contribution in [1.82, 2.24) is 0 Å². The Kier molecular flexibility index (Phi) is 7.84. The minimum atomic E-state index is -0.488. The summed E-state index contributed by atoms with van der Waals surface area (Å²) in [5.74, 6) is 0. The maximum absolute atomic E-state index is 8.81. The Balaban J connectivity index is 0.000000284. The molecule has 0 amide bonds. The van der Waals surface area contributed by atoms with E-state index in [1.54, 1.807) is 13.8 Å². The molecule has 2 N–H and O–H groups in total. The fourth-order valence-corrected chi connectivity index (χ4v) is 0.875. The molecular weight excluding hydrogens is 256 g/mol. The van der Waals surface area contributed by atoms with Crippen LogP contribution in [0.3, 0.4) is 0 Å². The van der Waals surface area contributed by atoms with Crippen molar-refractivity contribution in [3.05, 3.63) is 59.7 Å². The molecule has 0 aliphatic carbocycles. The zero-order valence-electron chi connectivity index (χ0n) is 9.40. The molecule has 0 radical (unpaired) electrons. The van der Waals surface area contributed by atoms with Gasteiger partial charge in [-0.05, 0) is 0 Å². The molecule has 0 aliphatic rings. The third kappa shape index (κ3) is 5.85. The van der Waals surface area contributed by atoms with E-state index in [9.17, 15) is 0 Å². The summed E-state index contributed by atoms with van der Waals surface area (Å²) in [5, 5.41) is 17.6. The van der Waals surface area contributed by atoms with Crippen molar-refractivity contribution in [2.24, 2.45) is 0 Å². The second-order valence-electron chi connectivity index (χ2n) is 3.18. The van der Waals surface area contributed by atoms with E-state index in [1.165, 1.54) is 0 Å². The molecule has 17 heavy (non-hydrogen) atoms. The van der Waals surface area contributed by atoms with Crippen LogP contribution in [0.4, 0.5) is 0 Å². The van der Waals surface area contributed by atoms with Gasteiger partial charge in [-0.15, -0.1) is 12.2 Å². The maximum atomic E-state index is 8.81. The SMILES string of the molecule is CC(O)[c-]1[c-][c-][c-][c-]1.CC(O)[c-]1[c-][c-][c-][c-]1.[Fe+2].